The lowest BCUT2D eigenvalue weighted by molar-refractivity contribution is -0.0482. The molecule has 5 N–H and O–H groups in total. The third-order valence-electron chi connectivity index (χ3n) is 3.26. The van der Waals surface area contributed by atoms with Crippen molar-refractivity contribution in [2.24, 2.45) is 0 Å². The molecule has 2 aromatic heterocycles. The van der Waals surface area contributed by atoms with Crippen molar-refractivity contribution in [1.29, 1.82) is 0 Å². The molecule has 0 amide bonds. The molecule has 1 saturated heterocycles. The van der Waals surface area contributed by atoms with Gasteiger partial charge in [-0.2, -0.15) is 4.98 Å². The van der Waals surface area contributed by atoms with Gasteiger partial charge in [0, 0.05) is 0 Å². The Balaban J connectivity index is 2.15. The molecule has 3 heterocycles. The van der Waals surface area contributed by atoms with Crippen LogP contribution in [0.15, 0.2) is 11.1 Å². The third kappa shape index (κ3) is 1.99. The van der Waals surface area contributed by atoms with E-state index in [2.05, 4.69) is 15.0 Å². The quantitative estimate of drug-likeness (QED) is 0.513. The maximum atomic E-state index is 14.5. The van der Waals surface area contributed by atoms with E-state index in [-0.39, 0.29) is 17.1 Å². The number of alkyl halides is 2. The molecule has 11 heteroatoms. The molecule has 0 bridgehead atoms. The van der Waals surface area contributed by atoms with Gasteiger partial charge in [-0.1, -0.05) is 11.6 Å². The second kappa shape index (κ2) is 4.63. The van der Waals surface area contributed by atoms with Crippen LogP contribution in [-0.2, 0) is 4.74 Å². The van der Waals surface area contributed by atoms with Crippen LogP contribution in [0.5, 0.6) is 0 Å². The molecule has 1 aliphatic heterocycles. The van der Waals surface area contributed by atoms with Crippen molar-refractivity contribution >= 4 is 28.7 Å². The van der Waals surface area contributed by atoms with Crippen LogP contribution in [0.4, 0.5) is 10.3 Å². The van der Waals surface area contributed by atoms with Gasteiger partial charge in [0.15, 0.2) is 17.4 Å². The maximum Gasteiger partial charge on any atom is 0.280 e. The average molecular weight is 320 g/mol. The number of nitrogens with one attached hydrogen (secondary N) is 1. The number of hydrogen-bond acceptors (Lipinski definition) is 7. The van der Waals surface area contributed by atoms with Gasteiger partial charge < -0.3 is 20.7 Å². The highest BCUT2D eigenvalue weighted by Gasteiger charge is 2.57. The lowest BCUT2D eigenvalue weighted by Gasteiger charge is -2.22. The van der Waals surface area contributed by atoms with Gasteiger partial charge in [0.25, 0.3) is 10.7 Å². The van der Waals surface area contributed by atoms with E-state index in [1.54, 1.807) is 0 Å². The lowest BCUT2D eigenvalue weighted by Crippen LogP contribution is -2.38. The van der Waals surface area contributed by atoms with Crippen LogP contribution < -0.4 is 11.3 Å². The van der Waals surface area contributed by atoms with Gasteiger partial charge in [0.2, 0.25) is 5.95 Å². The van der Waals surface area contributed by atoms with Gasteiger partial charge >= 0.3 is 0 Å². The number of aliphatic hydroxyl groups is 2. The Morgan fingerprint density at radius 3 is 3.00 bits per heavy atom. The predicted octanol–water partition coefficient (Wildman–Crippen LogP) is -1.14. The second-order valence-corrected chi connectivity index (χ2v) is 5.18. The molecular weight excluding hydrogens is 309 g/mol. The first-order chi connectivity index (χ1) is 9.86. The van der Waals surface area contributed by atoms with E-state index in [0.717, 1.165) is 10.9 Å². The number of rotatable bonds is 2. The molecule has 0 spiro atoms. The predicted molar refractivity (Wildman–Crippen MR) is 69.3 cm³/mol. The molecule has 0 aromatic carbocycles. The number of hydrogen-bond donors (Lipinski definition) is 4. The molecule has 0 aliphatic carbocycles. The Bertz CT molecular complexity index is 747. The van der Waals surface area contributed by atoms with Crippen LogP contribution in [0.1, 0.15) is 6.23 Å². The highest BCUT2D eigenvalue weighted by molar-refractivity contribution is 6.23. The van der Waals surface area contributed by atoms with Crippen molar-refractivity contribution in [3.8, 4) is 0 Å². The summed E-state index contributed by atoms with van der Waals surface area (Å²) < 4.78 is 20.7. The number of imidazole rings is 1. The number of nitrogen functional groups attached to an aromatic ring is 1. The van der Waals surface area contributed by atoms with Crippen molar-refractivity contribution in [3.63, 3.8) is 0 Å². The molecule has 2 aromatic rings. The number of ether oxygens (including phenoxy) is 1. The fourth-order valence-corrected chi connectivity index (χ4v) is 2.53. The Hall–Kier alpha value is -1.75. The number of H-pyrrole nitrogens is 1. The zero-order valence-corrected chi connectivity index (χ0v) is 11.2. The summed E-state index contributed by atoms with van der Waals surface area (Å²) in [4.78, 5) is 21.6. The maximum absolute atomic E-state index is 14.5. The molecule has 1 aliphatic rings. The lowest BCUT2D eigenvalue weighted by atomic mass is 10.1. The summed E-state index contributed by atoms with van der Waals surface area (Å²) >= 11 is 5.68. The molecule has 9 nitrogen and oxygen atoms in total. The molecule has 114 valence electrons. The number of halogens is 2. The van der Waals surface area contributed by atoms with Crippen molar-refractivity contribution < 1.29 is 19.3 Å². The fraction of sp³-hybridized carbons (Fsp3) is 0.500. The Morgan fingerprint density at radius 1 is 1.67 bits per heavy atom. The number of aliphatic hydroxyl groups excluding tert-OH is 2. The number of nitrogens with two attached hydrogens (primary N) is 1. The summed E-state index contributed by atoms with van der Waals surface area (Å²) in [6, 6.07) is 0. The molecule has 4 atom stereocenters. The van der Waals surface area contributed by atoms with Gasteiger partial charge in [-0.15, -0.1) is 0 Å². The number of aromatic nitrogens is 4. The standard InChI is InChI=1S/C10H11ClFN5O4/c11-10(12)5(19)3(1-18)21-8(10)17-2-14-4-6(17)15-9(13)16-7(4)20/h2-3,5,8,18-19H,1H2,(H3,13,15,16,20)/t3-,5?,8-,10-/m1/s1. The Morgan fingerprint density at radius 2 is 2.38 bits per heavy atom. The smallest absolute Gasteiger partial charge is 0.280 e. The summed E-state index contributed by atoms with van der Waals surface area (Å²) in [5, 5.41) is 16.1. The van der Waals surface area contributed by atoms with Crippen LogP contribution in [-0.4, -0.2) is 53.7 Å². The van der Waals surface area contributed by atoms with E-state index in [4.69, 9.17) is 27.2 Å². The number of anilines is 1. The van der Waals surface area contributed by atoms with E-state index in [1.807, 2.05) is 0 Å². The average Bonchev–Trinajstić information content (AvgIpc) is 2.91. The van der Waals surface area contributed by atoms with Gasteiger partial charge in [0.05, 0.1) is 12.9 Å². The first-order valence-electron chi connectivity index (χ1n) is 5.90. The Kier molecular flexibility index (Phi) is 3.13. The first-order valence-corrected chi connectivity index (χ1v) is 6.28. The number of aromatic amines is 1. The molecular formula is C10H11ClFN5O4. The van der Waals surface area contributed by atoms with Crippen LogP contribution in [0.3, 0.4) is 0 Å². The topological polar surface area (TPSA) is 139 Å². The SMILES string of the molecule is Nc1nc2c(ncn2[C@@H]2O[C@H](CO)C(O)[C@]2(F)Cl)c(=O)[nH]1. The van der Waals surface area contributed by atoms with Crippen molar-refractivity contribution in [1.82, 2.24) is 19.5 Å². The molecule has 1 fully saturated rings. The van der Waals surface area contributed by atoms with E-state index in [0.29, 0.717) is 0 Å². The highest BCUT2D eigenvalue weighted by Crippen LogP contribution is 2.45. The summed E-state index contributed by atoms with van der Waals surface area (Å²) in [6.45, 7) is -0.626. The minimum Gasteiger partial charge on any atom is -0.394 e. The minimum absolute atomic E-state index is 0.0466. The summed E-state index contributed by atoms with van der Waals surface area (Å²) in [5.41, 5.74) is 4.70. The van der Waals surface area contributed by atoms with Gasteiger partial charge in [0.1, 0.15) is 12.2 Å². The van der Waals surface area contributed by atoms with Gasteiger partial charge in [-0.25, -0.2) is 9.37 Å². The van der Waals surface area contributed by atoms with Crippen LogP contribution >= 0.6 is 11.6 Å². The van der Waals surface area contributed by atoms with Crippen molar-refractivity contribution in [2.75, 3.05) is 12.3 Å². The van der Waals surface area contributed by atoms with E-state index >= 15 is 0 Å². The van der Waals surface area contributed by atoms with Crippen molar-refractivity contribution in [3.05, 3.63) is 16.7 Å². The van der Waals surface area contributed by atoms with Crippen LogP contribution in [0, 0.1) is 0 Å². The third-order valence-corrected chi connectivity index (χ3v) is 3.67. The highest BCUT2D eigenvalue weighted by atomic mass is 35.5. The zero-order chi connectivity index (χ0) is 15.4. The van der Waals surface area contributed by atoms with Crippen molar-refractivity contribution in [2.45, 2.75) is 23.6 Å². The summed E-state index contributed by atoms with van der Waals surface area (Å²) in [6.07, 6.45) is -3.40. The summed E-state index contributed by atoms with van der Waals surface area (Å²) in [7, 11) is 0. The first kappa shape index (κ1) is 14.2. The molecule has 0 saturated carbocycles. The van der Waals surface area contributed by atoms with E-state index in [1.165, 1.54) is 0 Å². The molecule has 0 radical (unpaired) electrons. The molecule has 1 unspecified atom stereocenters. The van der Waals surface area contributed by atoms with Gasteiger partial charge in [-0.3, -0.25) is 14.3 Å². The van der Waals surface area contributed by atoms with Crippen LogP contribution in [0.2, 0.25) is 0 Å². The zero-order valence-electron chi connectivity index (χ0n) is 10.4. The Labute approximate surface area is 121 Å². The van der Waals surface area contributed by atoms with Crippen LogP contribution in [0.25, 0.3) is 11.2 Å². The normalized spacial score (nSPS) is 32.9. The van der Waals surface area contributed by atoms with E-state index in [9.17, 15) is 14.3 Å². The second-order valence-electron chi connectivity index (χ2n) is 4.60. The minimum atomic E-state index is -2.72. The number of nitrogens with zero attached hydrogens (tertiary/aromatic N) is 3. The monoisotopic (exact) mass is 319 g/mol. The van der Waals surface area contributed by atoms with Gasteiger partial charge in [-0.05, 0) is 0 Å². The largest absolute Gasteiger partial charge is 0.394 e. The molecule has 3 rings (SSSR count). The number of fused-ring (bicyclic) bond motifs is 1. The molecule has 21 heavy (non-hydrogen) atoms. The fourth-order valence-electron chi connectivity index (χ4n) is 2.23. The summed E-state index contributed by atoms with van der Waals surface area (Å²) in [5.74, 6) is -0.189. The van der Waals surface area contributed by atoms with E-state index < -0.39 is 35.7 Å².